The van der Waals surface area contributed by atoms with Gasteiger partial charge in [-0.25, -0.2) is 4.79 Å². The predicted molar refractivity (Wildman–Crippen MR) is 97.7 cm³/mol. The van der Waals surface area contributed by atoms with Crippen molar-refractivity contribution in [3.05, 3.63) is 65.9 Å². The number of fused-ring (bicyclic) bond motifs is 1. The van der Waals surface area contributed by atoms with E-state index in [2.05, 4.69) is 11.4 Å². The third-order valence-corrected chi connectivity index (χ3v) is 3.90. The molecule has 6 heteroatoms. The predicted octanol–water partition coefficient (Wildman–Crippen LogP) is 3.33. The second kappa shape index (κ2) is 7.53. The number of benzene rings is 2. The quantitative estimate of drug-likeness (QED) is 0.718. The molecule has 0 spiro atoms. The molecule has 0 radical (unpaired) electrons. The third-order valence-electron chi connectivity index (χ3n) is 3.90. The standard InChI is InChI=1S/C20H17N3O3/c1-2-26-20(25)14-7-9-16(10-8-14)22-19(24)13-23-12-15(11-21)17-5-3-4-6-18(17)23/h3-10,12H,2,13H2,1H3,(H,22,24). The van der Waals surface area contributed by atoms with Gasteiger partial charge in [0.25, 0.3) is 0 Å². The fourth-order valence-electron chi connectivity index (χ4n) is 2.73. The molecule has 3 aromatic rings. The number of hydrogen-bond acceptors (Lipinski definition) is 4. The zero-order valence-corrected chi connectivity index (χ0v) is 14.2. The first kappa shape index (κ1) is 17.2. The minimum Gasteiger partial charge on any atom is -0.462 e. The number of esters is 1. The van der Waals surface area contributed by atoms with Crippen molar-refractivity contribution in [1.29, 1.82) is 5.26 Å². The van der Waals surface area contributed by atoms with E-state index in [4.69, 9.17) is 4.74 Å². The molecule has 0 bridgehead atoms. The van der Waals surface area contributed by atoms with E-state index in [-0.39, 0.29) is 12.5 Å². The molecule has 0 unspecified atom stereocenters. The summed E-state index contributed by atoms with van der Waals surface area (Å²) in [7, 11) is 0. The summed E-state index contributed by atoms with van der Waals surface area (Å²) >= 11 is 0. The average Bonchev–Trinajstić information content (AvgIpc) is 3.00. The fraction of sp³-hybridized carbons (Fsp3) is 0.150. The highest BCUT2D eigenvalue weighted by atomic mass is 16.5. The molecule has 1 N–H and O–H groups in total. The van der Waals surface area contributed by atoms with Gasteiger partial charge in [0, 0.05) is 22.8 Å². The summed E-state index contributed by atoms with van der Waals surface area (Å²) in [5.41, 5.74) is 2.38. The molecular weight excluding hydrogens is 330 g/mol. The molecular formula is C20H17N3O3. The summed E-state index contributed by atoms with van der Waals surface area (Å²) in [6, 6.07) is 16.1. The van der Waals surface area contributed by atoms with Crippen molar-refractivity contribution >= 4 is 28.5 Å². The minimum absolute atomic E-state index is 0.0851. The summed E-state index contributed by atoms with van der Waals surface area (Å²) in [4.78, 5) is 24.0. The number of nitriles is 1. The number of aromatic nitrogens is 1. The minimum atomic E-state index is -0.395. The Balaban J connectivity index is 1.72. The van der Waals surface area contributed by atoms with Crippen molar-refractivity contribution in [2.45, 2.75) is 13.5 Å². The molecule has 0 aliphatic carbocycles. The van der Waals surface area contributed by atoms with Gasteiger partial charge in [-0.05, 0) is 37.3 Å². The number of carbonyl (C=O) groups is 2. The highest BCUT2D eigenvalue weighted by molar-refractivity contribution is 5.94. The lowest BCUT2D eigenvalue weighted by Crippen LogP contribution is -2.18. The van der Waals surface area contributed by atoms with Gasteiger partial charge in [0.15, 0.2) is 0 Å². The lowest BCUT2D eigenvalue weighted by atomic mass is 10.2. The van der Waals surface area contributed by atoms with Crippen LogP contribution in [0.15, 0.2) is 54.7 Å². The summed E-state index contributed by atoms with van der Waals surface area (Å²) in [5, 5.41) is 12.8. The maximum Gasteiger partial charge on any atom is 0.338 e. The van der Waals surface area contributed by atoms with E-state index < -0.39 is 5.97 Å². The van der Waals surface area contributed by atoms with E-state index in [1.165, 1.54) is 0 Å². The Morgan fingerprint density at radius 1 is 1.15 bits per heavy atom. The molecule has 1 amide bonds. The zero-order chi connectivity index (χ0) is 18.5. The number of hydrogen-bond donors (Lipinski definition) is 1. The van der Waals surface area contributed by atoms with Gasteiger partial charge in [0.1, 0.15) is 12.6 Å². The van der Waals surface area contributed by atoms with Crippen molar-refractivity contribution in [2.75, 3.05) is 11.9 Å². The Morgan fingerprint density at radius 2 is 1.88 bits per heavy atom. The number of nitrogens with one attached hydrogen (secondary N) is 1. The normalized spacial score (nSPS) is 10.3. The Bertz CT molecular complexity index is 997. The molecule has 3 rings (SSSR count). The van der Waals surface area contributed by atoms with Crippen LogP contribution < -0.4 is 5.32 Å². The van der Waals surface area contributed by atoms with E-state index in [9.17, 15) is 14.9 Å². The van der Waals surface area contributed by atoms with Crippen molar-refractivity contribution in [3.8, 4) is 6.07 Å². The van der Waals surface area contributed by atoms with Crippen molar-refractivity contribution in [3.63, 3.8) is 0 Å². The number of ether oxygens (including phenoxy) is 1. The highest BCUT2D eigenvalue weighted by Crippen LogP contribution is 2.20. The second-order valence-corrected chi connectivity index (χ2v) is 5.65. The van der Waals surface area contributed by atoms with Gasteiger partial charge in [-0.1, -0.05) is 18.2 Å². The molecule has 0 saturated carbocycles. The van der Waals surface area contributed by atoms with Crippen LogP contribution in [0.25, 0.3) is 10.9 Å². The van der Waals surface area contributed by atoms with Gasteiger partial charge in [0.2, 0.25) is 5.91 Å². The number of anilines is 1. The molecule has 26 heavy (non-hydrogen) atoms. The van der Waals surface area contributed by atoms with E-state index in [1.54, 1.807) is 42.0 Å². The van der Waals surface area contributed by atoms with E-state index >= 15 is 0 Å². The number of nitrogens with zero attached hydrogens (tertiary/aromatic N) is 2. The van der Waals surface area contributed by atoms with Crippen LogP contribution in [0.5, 0.6) is 0 Å². The topological polar surface area (TPSA) is 84.1 Å². The monoisotopic (exact) mass is 347 g/mol. The fourth-order valence-corrected chi connectivity index (χ4v) is 2.73. The van der Waals surface area contributed by atoms with E-state index in [0.717, 1.165) is 10.9 Å². The number of amides is 1. The van der Waals surface area contributed by atoms with Crippen LogP contribution in [-0.2, 0) is 16.1 Å². The van der Waals surface area contributed by atoms with Gasteiger partial charge in [-0.3, -0.25) is 4.79 Å². The summed E-state index contributed by atoms with van der Waals surface area (Å²) in [6.45, 7) is 2.14. The first-order valence-electron chi connectivity index (χ1n) is 8.17. The Labute approximate surface area is 150 Å². The molecule has 1 aromatic heterocycles. The van der Waals surface area contributed by atoms with Crippen LogP contribution in [0.3, 0.4) is 0 Å². The molecule has 6 nitrogen and oxygen atoms in total. The van der Waals surface area contributed by atoms with Crippen LogP contribution in [0.2, 0.25) is 0 Å². The van der Waals surface area contributed by atoms with Crippen molar-refractivity contribution < 1.29 is 14.3 Å². The van der Waals surface area contributed by atoms with Crippen LogP contribution in [-0.4, -0.2) is 23.1 Å². The van der Waals surface area contributed by atoms with Gasteiger partial charge in [-0.15, -0.1) is 0 Å². The lowest BCUT2D eigenvalue weighted by molar-refractivity contribution is -0.116. The first-order chi connectivity index (χ1) is 12.6. The molecule has 1 heterocycles. The largest absolute Gasteiger partial charge is 0.462 e. The van der Waals surface area contributed by atoms with Crippen LogP contribution in [0.4, 0.5) is 5.69 Å². The average molecular weight is 347 g/mol. The maximum atomic E-state index is 12.3. The molecule has 0 aliphatic rings. The summed E-state index contributed by atoms with van der Waals surface area (Å²) in [6.07, 6.45) is 1.67. The number of para-hydroxylation sites is 1. The van der Waals surface area contributed by atoms with E-state index in [1.807, 2.05) is 24.3 Å². The first-order valence-corrected chi connectivity index (χ1v) is 8.17. The maximum absolute atomic E-state index is 12.3. The second-order valence-electron chi connectivity index (χ2n) is 5.65. The molecule has 0 fully saturated rings. The highest BCUT2D eigenvalue weighted by Gasteiger charge is 2.11. The van der Waals surface area contributed by atoms with Crippen molar-refractivity contribution in [1.82, 2.24) is 4.57 Å². The van der Waals surface area contributed by atoms with Crippen molar-refractivity contribution in [2.24, 2.45) is 0 Å². The molecule has 0 atom stereocenters. The Morgan fingerprint density at radius 3 is 2.58 bits per heavy atom. The van der Waals surface area contributed by atoms with Gasteiger partial charge in [-0.2, -0.15) is 5.26 Å². The van der Waals surface area contributed by atoms with Crippen LogP contribution >= 0.6 is 0 Å². The van der Waals surface area contributed by atoms with Crippen LogP contribution in [0.1, 0.15) is 22.8 Å². The van der Waals surface area contributed by atoms with Gasteiger partial charge >= 0.3 is 5.97 Å². The molecule has 0 aliphatic heterocycles. The summed E-state index contributed by atoms with van der Waals surface area (Å²) in [5.74, 6) is -0.618. The van der Waals surface area contributed by atoms with Gasteiger partial charge < -0.3 is 14.6 Å². The summed E-state index contributed by atoms with van der Waals surface area (Å²) < 4.78 is 6.67. The van der Waals surface area contributed by atoms with E-state index in [0.29, 0.717) is 23.4 Å². The number of carbonyl (C=O) groups excluding carboxylic acids is 2. The van der Waals surface area contributed by atoms with Crippen LogP contribution in [0, 0.1) is 11.3 Å². The lowest BCUT2D eigenvalue weighted by Gasteiger charge is -2.08. The SMILES string of the molecule is CCOC(=O)c1ccc(NC(=O)Cn2cc(C#N)c3ccccc32)cc1. The third kappa shape index (κ3) is 3.57. The molecule has 2 aromatic carbocycles. The Kier molecular flexibility index (Phi) is 4.99. The Hall–Kier alpha value is -3.59. The zero-order valence-electron chi connectivity index (χ0n) is 14.2. The molecule has 0 saturated heterocycles. The number of rotatable bonds is 5. The van der Waals surface area contributed by atoms with Gasteiger partial charge in [0.05, 0.1) is 17.7 Å². The smallest absolute Gasteiger partial charge is 0.338 e. The molecule has 130 valence electrons.